The van der Waals surface area contributed by atoms with Crippen LogP contribution in [0, 0.1) is 5.92 Å². The van der Waals surface area contributed by atoms with Crippen molar-refractivity contribution in [1.29, 1.82) is 0 Å². The molecule has 1 unspecified atom stereocenters. The van der Waals surface area contributed by atoms with E-state index in [1.54, 1.807) is 0 Å². The minimum Gasteiger partial charge on any atom is -0.380 e. The SMILES string of the molecule is CN1CCC(COC[C@H]2CC[C@H]3[C@H](CCN3C3CCOC3)O2)CC1. The van der Waals surface area contributed by atoms with Crippen molar-refractivity contribution >= 4 is 0 Å². The Hall–Kier alpha value is -0.200. The molecule has 0 N–H and O–H groups in total. The molecule has 4 fully saturated rings. The van der Waals surface area contributed by atoms with Crippen LogP contribution < -0.4 is 0 Å². The summed E-state index contributed by atoms with van der Waals surface area (Å²) in [5, 5.41) is 0. The van der Waals surface area contributed by atoms with E-state index in [0.29, 0.717) is 24.3 Å². The molecule has 0 spiro atoms. The minimum absolute atomic E-state index is 0.317. The Kier molecular flexibility index (Phi) is 5.74. The molecule has 5 heteroatoms. The molecular formula is C19H34N2O3. The first-order chi connectivity index (χ1) is 11.8. The van der Waals surface area contributed by atoms with Crippen LogP contribution in [0.1, 0.15) is 38.5 Å². The highest BCUT2D eigenvalue weighted by Crippen LogP contribution is 2.34. The minimum atomic E-state index is 0.317. The zero-order valence-electron chi connectivity index (χ0n) is 15.2. The van der Waals surface area contributed by atoms with Gasteiger partial charge in [0.05, 0.1) is 25.4 Å². The van der Waals surface area contributed by atoms with E-state index in [1.165, 1.54) is 51.7 Å². The topological polar surface area (TPSA) is 34.2 Å². The third-order valence-electron chi connectivity index (χ3n) is 6.55. The second-order valence-electron chi connectivity index (χ2n) is 8.27. The smallest absolute Gasteiger partial charge is 0.0813 e. The Morgan fingerprint density at radius 1 is 0.958 bits per heavy atom. The summed E-state index contributed by atoms with van der Waals surface area (Å²) in [6.07, 6.45) is 8.12. The molecule has 0 aliphatic carbocycles. The molecule has 5 nitrogen and oxygen atoms in total. The van der Waals surface area contributed by atoms with Crippen molar-refractivity contribution in [2.24, 2.45) is 5.92 Å². The van der Waals surface area contributed by atoms with Crippen molar-refractivity contribution in [1.82, 2.24) is 9.80 Å². The lowest BCUT2D eigenvalue weighted by Crippen LogP contribution is -2.47. The number of nitrogens with zero attached hydrogens (tertiary/aromatic N) is 2. The third kappa shape index (κ3) is 3.96. The second-order valence-corrected chi connectivity index (χ2v) is 8.27. The number of fused-ring (bicyclic) bond motifs is 1. The van der Waals surface area contributed by atoms with Crippen LogP contribution in [0.5, 0.6) is 0 Å². The molecule has 4 rings (SSSR count). The highest BCUT2D eigenvalue weighted by molar-refractivity contribution is 4.96. The molecule has 0 bridgehead atoms. The van der Waals surface area contributed by atoms with Gasteiger partial charge in [-0.2, -0.15) is 0 Å². The summed E-state index contributed by atoms with van der Waals surface area (Å²) < 4.78 is 18.0. The zero-order chi connectivity index (χ0) is 16.4. The summed E-state index contributed by atoms with van der Waals surface area (Å²) in [5.74, 6) is 0.752. The van der Waals surface area contributed by atoms with Crippen molar-refractivity contribution in [2.75, 3.05) is 53.1 Å². The van der Waals surface area contributed by atoms with Gasteiger partial charge >= 0.3 is 0 Å². The maximum Gasteiger partial charge on any atom is 0.0813 e. The largest absolute Gasteiger partial charge is 0.380 e. The molecule has 0 aromatic carbocycles. The number of piperidine rings is 1. The van der Waals surface area contributed by atoms with E-state index in [1.807, 2.05) is 0 Å². The standard InChI is InChI=1S/C19H34N2O3/c1-20-8-4-15(5-9-20)12-23-14-17-2-3-18-19(24-17)6-10-21(18)16-7-11-22-13-16/h15-19H,2-14H2,1H3/t16?,17-,18+,19+/m1/s1. The lowest BCUT2D eigenvalue weighted by Gasteiger charge is -2.38. The average molecular weight is 338 g/mol. The molecule has 4 atom stereocenters. The van der Waals surface area contributed by atoms with Crippen LogP contribution in [-0.2, 0) is 14.2 Å². The average Bonchev–Trinajstić information content (AvgIpc) is 3.25. The number of hydrogen-bond donors (Lipinski definition) is 0. The summed E-state index contributed by atoms with van der Waals surface area (Å²) in [7, 11) is 2.21. The van der Waals surface area contributed by atoms with Gasteiger partial charge in [-0.05, 0) is 64.6 Å². The Morgan fingerprint density at radius 2 is 1.83 bits per heavy atom. The summed E-state index contributed by atoms with van der Waals surface area (Å²) in [4.78, 5) is 5.09. The molecule has 0 aromatic heterocycles. The van der Waals surface area contributed by atoms with Gasteiger partial charge in [0.15, 0.2) is 0 Å². The van der Waals surface area contributed by atoms with E-state index in [2.05, 4.69) is 16.8 Å². The van der Waals surface area contributed by atoms with Crippen molar-refractivity contribution in [3.05, 3.63) is 0 Å². The van der Waals surface area contributed by atoms with E-state index in [-0.39, 0.29) is 0 Å². The van der Waals surface area contributed by atoms with Crippen LogP contribution in [0.3, 0.4) is 0 Å². The fraction of sp³-hybridized carbons (Fsp3) is 1.00. The lowest BCUT2D eigenvalue weighted by molar-refractivity contribution is -0.106. The highest BCUT2D eigenvalue weighted by Gasteiger charge is 2.43. The highest BCUT2D eigenvalue weighted by atomic mass is 16.5. The maximum absolute atomic E-state index is 6.39. The van der Waals surface area contributed by atoms with Crippen LogP contribution in [0.15, 0.2) is 0 Å². The van der Waals surface area contributed by atoms with Crippen LogP contribution in [0.25, 0.3) is 0 Å². The van der Waals surface area contributed by atoms with E-state index < -0.39 is 0 Å². The predicted molar refractivity (Wildman–Crippen MR) is 93.3 cm³/mol. The monoisotopic (exact) mass is 338 g/mol. The number of hydrogen-bond acceptors (Lipinski definition) is 5. The Balaban J connectivity index is 1.17. The maximum atomic E-state index is 6.39. The zero-order valence-corrected chi connectivity index (χ0v) is 15.2. The number of ether oxygens (including phenoxy) is 3. The molecule has 24 heavy (non-hydrogen) atoms. The van der Waals surface area contributed by atoms with Crippen molar-refractivity contribution in [2.45, 2.75) is 62.8 Å². The first kappa shape index (κ1) is 17.2. The van der Waals surface area contributed by atoms with E-state index in [9.17, 15) is 0 Å². The summed E-state index contributed by atoms with van der Waals surface area (Å²) >= 11 is 0. The van der Waals surface area contributed by atoms with Gasteiger partial charge in [-0.15, -0.1) is 0 Å². The van der Waals surface area contributed by atoms with Gasteiger partial charge in [0.1, 0.15) is 0 Å². The van der Waals surface area contributed by atoms with Gasteiger partial charge < -0.3 is 19.1 Å². The molecule has 0 radical (unpaired) electrons. The molecular weight excluding hydrogens is 304 g/mol. The van der Waals surface area contributed by atoms with Crippen LogP contribution in [0.2, 0.25) is 0 Å². The fourth-order valence-corrected chi connectivity index (χ4v) is 4.98. The molecule has 4 aliphatic rings. The normalized spacial score (nSPS) is 39.4. The number of likely N-dealkylation sites (tertiary alicyclic amines) is 2. The lowest BCUT2D eigenvalue weighted by atomic mass is 9.97. The van der Waals surface area contributed by atoms with Crippen molar-refractivity contribution in [3.8, 4) is 0 Å². The first-order valence-corrected chi connectivity index (χ1v) is 10.0. The van der Waals surface area contributed by atoms with Crippen molar-refractivity contribution in [3.63, 3.8) is 0 Å². The quantitative estimate of drug-likeness (QED) is 0.763. The fourth-order valence-electron chi connectivity index (χ4n) is 4.98. The van der Waals surface area contributed by atoms with Gasteiger partial charge in [-0.1, -0.05) is 0 Å². The molecule has 4 heterocycles. The first-order valence-electron chi connectivity index (χ1n) is 10.0. The van der Waals surface area contributed by atoms with Crippen LogP contribution in [0.4, 0.5) is 0 Å². The third-order valence-corrected chi connectivity index (χ3v) is 6.55. The van der Waals surface area contributed by atoms with Crippen molar-refractivity contribution < 1.29 is 14.2 Å². The predicted octanol–water partition coefficient (Wildman–Crippen LogP) is 1.76. The molecule has 4 aliphatic heterocycles. The Labute approximate surface area is 146 Å². The van der Waals surface area contributed by atoms with Crippen LogP contribution >= 0.6 is 0 Å². The van der Waals surface area contributed by atoms with E-state index in [0.717, 1.165) is 38.8 Å². The van der Waals surface area contributed by atoms with Gasteiger partial charge in [0, 0.05) is 31.8 Å². The van der Waals surface area contributed by atoms with E-state index >= 15 is 0 Å². The van der Waals surface area contributed by atoms with Gasteiger partial charge in [0.25, 0.3) is 0 Å². The van der Waals surface area contributed by atoms with Gasteiger partial charge in [-0.3, -0.25) is 4.90 Å². The Bertz CT molecular complexity index is 394. The molecule has 4 saturated heterocycles. The molecule has 0 amide bonds. The molecule has 0 saturated carbocycles. The Morgan fingerprint density at radius 3 is 2.62 bits per heavy atom. The second kappa shape index (κ2) is 8.00. The molecule has 0 aromatic rings. The van der Waals surface area contributed by atoms with Crippen LogP contribution in [-0.4, -0.2) is 87.2 Å². The van der Waals surface area contributed by atoms with E-state index in [4.69, 9.17) is 14.2 Å². The molecule has 138 valence electrons. The summed E-state index contributed by atoms with van der Waals surface area (Å²) in [6, 6.07) is 1.27. The van der Waals surface area contributed by atoms with Gasteiger partial charge in [0.2, 0.25) is 0 Å². The van der Waals surface area contributed by atoms with Gasteiger partial charge in [-0.25, -0.2) is 0 Å². The number of rotatable bonds is 5. The summed E-state index contributed by atoms with van der Waals surface area (Å²) in [5.41, 5.74) is 0. The summed E-state index contributed by atoms with van der Waals surface area (Å²) in [6.45, 7) is 7.21.